The summed E-state index contributed by atoms with van der Waals surface area (Å²) >= 11 is 16.8. The Morgan fingerprint density at radius 3 is 2.56 bits per heavy atom. The number of nitrogens with one attached hydrogen (secondary N) is 2. The highest BCUT2D eigenvalue weighted by Crippen LogP contribution is 2.38. The van der Waals surface area contributed by atoms with E-state index in [1.54, 1.807) is 46.6 Å². The van der Waals surface area contributed by atoms with E-state index in [2.05, 4.69) is 10.6 Å². The lowest BCUT2D eigenvalue weighted by molar-refractivity contribution is -0.935. The molecule has 1 aromatic carbocycles. The molecule has 2 fully saturated rings. The van der Waals surface area contributed by atoms with E-state index in [0.29, 0.717) is 53.4 Å². The first kappa shape index (κ1) is 39.2. The minimum Gasteiger partial charge on any atom is -0.370 e. The van der Waals surface area contributed by atoms with Gasteiger partial charge in [0.15, 0.2) is 12.4 Å². The highest BCUT2D eigenvalue weighted by molar-refractivity contribution is 8.01. The maximum atomic E-state index is 12.8. The van der Waals surface area contributed by atoms with E-state index in [-0.39, 0.29) is 41.1 Å². The Labute approximate surface area is 315 Å². The number of carbonyl (C=O) groups excluding carboxylic acids is 3. The summed E-state index contributed by atoms with van der Waals surface area (Å²) in [5, 5.41) is 6.78. The molecule has 3 aliphatic heterocycles. The largest absolute Gasteiger partial charge is 0.370 e. The van der Waals surface area contributed by atoms with Crippen LogP contribution in [0.3, 0.4) is 0 Å². The normalized spacial score (nSPS) is 20.0. The predicted molar refractivity (Wildman–Crippen MR) is 197 cm³/mol. The number of nitrogens with zero attached hydrogens (tertiary/aromatic N) is 3. The number of thioether (sulfide) groups is 3. The average Bonchev–Trinajstić information content (AvgIpc) is 3.09. The number of β-lactam (4-membered cyclic amide) rings is 1. The van der Waals surface area contributed by atoms with Crippen molar-refractivity contribution < 1.29 is 41.1 Å². The van der Waals surface area contributed by atoms with Gasteiger partial charge < -0.3 is 24.8 Å². The zero-order valence-corrected chi connectivity index (χ0v) is 32.1. The molecule has 3 aliphatic rings. The first-order valence-corrected chi connectivity index (χ1v) is 21.6. The molecule has 18 heteroatoms. The van der Waals surface area contributed by atoms with Crippen molar-refractivity contribution in [2.24, 2.45) is 0 Å². The summed E-state index contributed by atoms with van der Waals surface area (Å²) in [5.41, 5.74) is 1.12. The molecule has 5 rings (SSSR count). The number of quaternary nitrogens is 1. The SMILES string of the molecule is O=C(C[n+]1ccc(SCC2=CN3C(=O)C(NC(=O)CSc4cc(Cl)ccc4Cl)C3SC2)cc1)NCCC[N+]1(CCCS(=O)(=O)O)CCOCC1. The second kappa shape index (κ2) is 18.1. The van der Waals surface area contributed by atoms with Gasteiger partial charge in [0.05, 0.1) is 42.8 Å². The molecule has 50 heavy (non-hydrogen) atoms. The van der Waals surface area contributed by atoms with Crippen molar-refractivity contribution in [2.75, 3.05) is 68.9 Å². The molecule has 0 aliphatic carbocycles. The summed E-state index contributed by atoms with van der Waals surface area (Å²) < 4.78 is 39.4. The minimum atomic E-state index is -3.98. The number of aromatic nitrogens is 1. The van der Waals surface area contributed by atoms with Crippen LogP contribution in [0.2, 0.25) is 10.0 Å². The van der Waals surface area contributed by atoms with Gasteiger partial charge in [0.25, 0.3) is 21.9 Å². The van der Waals surface area contributed by atoms with E-state index in [0.717, 1.165) is 46.8 Å². The summed E-state index contributed by atoms with van der Waals surface area (Å²) in [5.74, 6) is 0.899. The molecule has 2 saturated heterocycles. The van der Waals surface area contributed by atoms with Crippen LogP contribution < -0.4 is 15.2 Å². The molecule has 0 radical (unpaired) electrons. The number of amides is 3. The van der Waals surface area contributed by atoms with E-state index in [4.69, 9.17) is 32.5 Å². The first-order valence-electron chi connectivity index (χ1n) is 16.2. The fraction of sp³-hybridized carbons (Fsp3) is 0.500. The van der Waals surface area contributed by atoms with Crippen molar-refractivity contribution >= 4 is 86.3 Å². The zero-order valence-electron chi connectivity index (χ0n) is 27.3. The lowest BCUT2D eigenvalue weighted by atomic mass is 10.1. The predicted octanol–water partition coefficient (Wildman–Crippen LogP) is 3.08. The number of hydrogen-bond acceptors (Lipinski definition) is 9. The van der Waals surface area contributed by atoms with Crippen molar-refractivity contribution in [1.82, 2.24) is 15.5 Å². The topological polar surface area (TPSA) is 146 Å². The average molecular weight is 807 g/mol. The molecular formula is C32H41Cl2N5O7S4+2. The number of fused-ring (bicyclic) bond motifs is 1. The molecule has 0 bridgehead atoms. The van der Waals surface area contributed by atoms with E-state index < -0.39 is 16.2 Å². The van der Waals surface area contributed by atoms with Crippen molar-refractivity contribution in [1.29, 1.82) is 0 Å². The molecule has 272 valence electrons. The molecule has 1 aromatic heterocycles. The molecule has 3 N–H and O–H groups in total. The van der Waals surface area contributed by atoms with E-state index in [1.807, 2.05) is 35.3 Å². The van der Waals surface area contributed by atoms with Crippen LogP contribution in [0, 0.1) is 0 Å². The van der Waals surface area contributed by atoms with Crippen LogP contribution in [-0.2, 0) is 35.8 Å². The maximum absolute atomic E-state index is 12.8. The Morgan fingerprint density at radius 2 is 1.82 bits per heavy atom. The molecule has 3 amide bonds. The molecule has 4 heterocycles. The number of benzene rings is 1. The van der Waals surface area contributed by atoms with Gasteiger partial charge >= 0.3 is 0 Å². The fourth-order valence-electron chi connectivity index (χ4n) is 5.94. The number of pyridine rings is 1. The van der Waals surface area contributed by atoms with Gasteiger partial charge in [-0.25, -0.2) is 0 Å². The number of carbonyl (C=O) groups is 3. The summed E-state index contributed by atoms with van der Waals surface area (Å²) in [7, 11) is -3.98. The molecule has 2 atom stereocenters. The minimum absolute atomic E-state index is 0.0905. The number of morpholine rings is 1. The summed E-state index contributed by atoms with van der Waals surface area (Å²) in [6.07, 6.45) is 6.78. The molecule has 0 spiro atoms. The first-order chi connectivity index (χ1) is 23.9. The lowest BCUT2D eigenvalue weighted by Crippen LogP contribution is -2.68. The number of rotatable bonds is 17. The number of hydrogen-bond donors (Lipinski definition) is 3. The third-order valence-corrected chi connectivity index (χ3v) is 13.6. The van der Waals surface area contributed by atoms with Crippen molar-refractivity contribution in [3.8, 4) is 0 Å². The van der Waals surface area contributed by atoms with Gasteiger partial charge in [-0.1, -0.05) is 23.2 Å². The molecule has 2 unspecified atom stereocenters. The second-order valence-corrected chi connectivity index (χ2v) is 17.9. The van der Waals surface area contributed by atoms with Gasteiger partial charge in [0, 0.05) is 64.0 Å². The summed E-state index contributed by atoms with van der Waals surface area (Å²) in [6, 6.07) is 8.46. The van der Waals surface area contributed by atoms with Gasteiger partial charge in [-0.2, -0.15) is 13.0 Å². The van der Waals surface area contributed by atoms with Gasteiger partial charge in [-0.05, 0) is 23.8 Å². The van der Waals surface area contributed by atoms with E-state index >= 15 is 0 Å². The Morgan fingerprint density at radius 1 is 1.08 bits per heavy atom. The van der Waals surface area contributed by atoms with Crippen LogP contribution >= 0.6 is 58.5 Å². The summed E-state index contributed by atoms with van der Waals surface area (Å²) in [6.45, 7) is 4.96. The van der Waals surface area contributed by atoms with E-state index in [9.17, 15) is 22.8 Å². The standard InChI is InChI=1S/C32H39Cl2N5O7S4/c33-24-3-4-26(34)27(17-24)48-22-29(41)36-30-31(42)38-18-23(21-49-32(30)38)20-47-25-5-8-37(9-6-25)19-28(40)35-7-1-10-39(12-14-46-15-13-39)11-2-16-50(43,44)45/h3-6,8-9,17-18,30,32H,1-2,7,10-16,19-22H2,(H-2,35,36,40,41,43,44,45)/p+2. The number of ether oxygens (including phenoxy) is 1. The van der Waals surface area contributed by atoms with Gasteiger partial charge in [-0.3, -0.25) is 18.9 Å². The van der Waals surface area contributed by atoms with E-state index in [1.165, 1.54) is 11.8 Å². The van der Waals surface area contributed by atoms with Crippen LogP contribution in [-0.4, -0.2) is 120 Å². The molecule has 12 nitrogen and oxygen atoms in total. The van der Waals surface area contributed by atoms with Crippen LogP contribution in [0.5, 0.6) is 0 Å². The van der Waals surface area contributed by atoms with Crippen molar-refractivity contribution in [3.05, 3.63) is 64.5 Å². The van der Waals surface area contributed by atoms with Gasteiger partial charge in [-0.15, -0.1) is 35.3 Å². The van der Waals surface area contributed by atoms with Crippen molar-refractivity contribution in [2.45, 2.75) is 40.6 Å². The quantitative estimate of drug-likeness (QED) is 0.0545. The fourth-order valence-corrected chi connectivity index (χ4v) is 9.98. The molecular weight excluding hydrogens is 766 g/mol. The van der Waals surface area contributed by atoms with Crippen LogP contribution in [0.15, 0.2) is 64.3 Å². The second-order valence-electron chi connectivity index (χ2n) is 12.3. The lowest BCUT2D eigenvalue weighted by Gasteiger charge is -2.47. The highest BCUT2D eigenvalue weighted by atomic mass is 35.5. The highest BCUT2D eigenvalue weighted by Gasteiger charge is 2.49. The van der Waals surface area contributed by atoms with Crippen LogP contribution in [0.25, 0.3) is 0 Å². The van der Waals surface area contributed by atoms with Crippen LogP contribution in [0.4, 0.5) is 0 Å². The maximum Gasteiger partial charge on any atom is 0.285 e. The molecule has 0 saturated carbocycles. The number of halogens is 2. The van der Waals surface area contributed by atoms with Gasteiger partial charge in [0.2, 0.25) is 12.5 Å². The van der Waals surface area contributed by atoms with Crippen LogP contribution in [0.1, 0.15) is 12.8 Å². The zero-order chi connectivity index (χ0) is 35.7. The molecule has 2 aromatic rings. The third kappa shape index (κ3) is 11.5. The van der Waals surface area contributed by atoms with Crippen molar-refractivity contribution in [3.63, 3.8) is 0 Å². The monoisotopic (exact) mass is 805 g/mol. The smallest absolute Gasteiger partial charge is 0.285 e. The van der Waals surface area contributed by atoms with Gasteiger partial charge in [0.1, 0.15) is 24.5 Å². The Bertz CT molecular complexity index is 1680. The Hall–Kier alpha value is -2.02. The summed E-state index contributed by atoms with van der Waals surface area (Å²) in [4.78, 5) is 41.4. The Kier molecular flexibility index (Phi) is 14.2. The Balaban J connectivity index is 0.991. The third-order valence-electron chi connectivity index (χ3n) is 8.61.